The molecule has 2 aromatic rings. The lowest BCUT2D eigenvalue weighted by Gasteiger charge is -2.28. The van der Waals surface area contributed by atoms with Crippen molar-refractivity contribution in [1.82, 2.24) is 0 Å². The second kappa shape index (κ2) is 5.89. The summed E-state index contributed by atoms with van der Waals surface area (Å²) in [6, 6.07) is 18.1. The smallest absolute Gasteiger partial charge is 0.0838 e. The van der Waals surface area contributed by atoms with Gasteiger partial charge in [0, 0.05) is 0 Å². The number of epoxide rings is 1. The first-order chi connectivity index (χ1) is 10.8. The van der Waals surface area contributed by atoms with E-state index in [1.54, 1.807) is 0 Å². The highest BCUT2D eigenvalue weighted by Crippen LogP contribution is 2.40. The molecule has 0 spiro atoms. The Balaban J connectivity index is 1.44. The van der Waals surface area contributed by atoms with E-state index in [0.717, 1.165) is 18.4 Å². The van der Waals surface area contributed by atoms with E-state index < -0.39 is 0 Å². The molecule has 1 saturated heterocycles. The molecule has 1 aliphatic carbocycles. The summed E-state index contributed by atoms with van der Waals surface area (Å²) in [7, 11) is 0. The van der Waals surface area contributed by atoms with Crippen LogP contribution in [-0.2, 0) is 4.74 Å². The SMILES string of the molecule is Cc1ccc(-c2ccc(C3CCC(C4CO4)CC3)cc2)cc1. The minimum absolute atomic E-state index is 0.602. The van der Waals surface area contributed by atoms with Crippen LogP contribution in [0.5, 0.6) is 0 Å². The molecule has 22 heavy (non-hydrogen) atoms. The lowest BCUT2D eigenvalue weighted by Crippen LogP contribution is -2.17. The third-order valence-electron chi connectivity index (χ3n) is 5.42. The molecule has 1 unspecified atom stereocenters. The van der Waals surface area contributed by atoms with E-state index in [1.165, 1.54) is 47.9 Å². The van der Waals surface area contributed by atoms with E-state index in [9.17, 15) is 0 Å². The quantitative estimate of drug-likeness (QED) is 0.696. The number of hydrogen-bond donors (Lipinski definition) is 0. The fourth-order valence-corrected chi connectivity index (χ4v) is 3.85. The Morgan fingerprint density at radius 3 is 1.86 bits per heavy atom. The van der Waals surface area contributed by atoms with Gasteiger partial charge >= 0.3 is 0 Å². The Bertz CT molecular complexity index is 614. The summed E-state index contributed by atoms with van der Waals surface area (Å²) < 4.78 is 5.46. The third kappa shape index (κ3) is 2.96. The van der Waals surface area contributed by atoms with Crippen LogP contribution in [0.2, 0.25) is 0 Å². The van der Waals surface area contributed by atoms with E-state index in [4.69, 9.17) is 4.74 Å². The summed E-state index contributed by atoms with van der Waals surface area (Å²) >= 11 is 0. The third-order valence-corrected chi connectivity index (χ3v) is 5.42. The summed E-state index contributed by atoms with van der Waals surface area (Å²) in [6.45, 7) is 3.15. The van der Waals surface area contributed by atoms with Crippen molar-refractivity contribution in [2.75, 3.05) is 6.61 Å². The average molecular weight is 292 g/mol. The molecule has 2 aromatic carbocycles. The molecule has 2 fully saturated rings. The van der Waals surface area contributed by atoms with Crippen LogP contribution in [0.4, 0.5) is 0 Å². The lowest BCUT2D eigenvalue weighted by atomic mass is 9.77. The normalized spacial score (nSPS) is 27.6. The maximum atomic E-state index is 5.46. The predicted octanol–water partition coefficient (Wildman–Crippen LogP) is 5.33. The van der Waals surface area contributed by atoms with Gasteiger partial charge in [0.25, 0.3) is 0 Å². The first-order valence-electron chi connectivity index (χ1n) is 8.58. The van der Waals surface area contributed by atoms with Gasteiger partial charge in [-0.1, -0.05) is 54.1 Å². The van der Waals surface area contributed by atoms with Gasteiger partial charge in [0.15, 0.2) is 0 Å². The van der Waals surface area contributed by atoms with Gasteiger partial charge < -0.3 is 4.74 Å². The summed E-state index contributed by atoms with van der Waals surface area (Å²) in [5.74, 6) is 1.59. The monoisotopic (exact) mass is 292 g/mol. The minimum atomic E-state index is 0.602. The van der Waals surface area contributed by atoms with Gasteiger partial charge in [0.2, 0.25) is 0 Å². The molecule has 1 heteroatoms. The number of benzene rings is 2. The van der Waals surface area contributed by atoms with Crippen LogP contribution in [0, 0.1) is 12.8 Å². The summed E-state index contributed by atoms with van der Waals surface area (Å²) in [6.07, 6.45) is 5.94. The van der Waals surface area contributed by atoms with E-state index in [2.05, 4.69) is 55.5 Å². The molecule has 1 saturated carbocycles. The molecular formula is C21H24O. The Kier molecular flexibility index (Phi) is 3.75. The molecule has 0 radical (unpaired) electrons. The van der Waals surface area contributed by atoms with Gasteiger partial charge in [-0.05, 0) is 61.1 Å². The maximum absolute atomic E-state index is 5.46. The molecule has 114 valence electrons. The second-order valence-corrected chi connectivity index (χ2v) is 6.97. The fraction of sp³-hybridized carbons (Fsp3) is 0.429. The molecule has 1 nitrogen and oxygen atoms in total. The molecule has 0 amide bonds. The van der Waals surface area contributed by atoms with Crippen molar-refractivity contribution in [1.29, 1.82) is 0 Å². The highest BCUT2D eigenvalue weighted by atomic mass is 16.6. The van der Waals surface area contributed by atoms with Crippen molar-refractivity contribution in [3.63, 3.8) is 0 Å². The lowest BCUT2D eigenvalue weighted by molar-refractivity contribution is 0.251. The largest absolute Gasteiger partial charge is 0.373 e. The topological polar surface area (TPSA) is 12.5 Å². The highest BCUT2D eigenvalue weighted by Gasteiger charge is 2.35. The van der Waals surface area contributed by atoms with Crippen molar-refractivity contribution in [2.24, 2.45) is 5.92 Å². The number of rotatable bonds is 3. The average Bonchev–Trinajstić information content (AvgIpc) is 3.41. The highest BCUT2D eigenvalue weighted by molar-refractivity contribution is 5.64. The zero-order valence-corrected chi connectivity index (χ0v) is 13.3. The van der Waals surface area contributed by atoms with Crippen LogP contribution >= 0.6 is 0 Å². The molecule has 1 heterocycles. The maximum Gasteiger partial charge on any atom is 0.0838 e. The summed E-state index contributed by atoms with van der Waals surface area (Å²) in [4.78, 5) is 0. The van der Waals surface area contributed by atoms with Crippen molar-refractivity contribution < 1.29 is 4.74 Å². The van der Waals surface area contributed by atoms with Crippen LogP contribution in [0.15, 0.2) is 48.5 Å². The van der Waals surface area contributed by atoms with E-state index in [0.29, 0.717) is 6.10 Å². The Morgan fingerprint density at radius 2 is 1.32 bits per heavy atom. The van der Waals surface area contributed by atoms with Gasteiger partial charge in [-0.2, -0.15) is 0 Å². The van der Waals surface area contributed by atoms with E-state index in [1.807, 2.05) is 0 Å². The first kappa shape index (κ1) is 14.0. The summed E-state index contributed by atoms with van der Waals surface area (Å²) in [5.41, 5.74) is 5.47. The first-order valence-corrected chi connectivity index (χ1v) is 8.58. The molecular weight excluding hydrogens is 268 g/mol. The van der Waals surface area contributed by atoms with Crippen molar-refractivity contribution >= 4 is 0 Å². The minimum Gasteiger partial charge on any atom is -0.373 e. The summed E-state index contributed by atoms with van der Waals surface area (Å²) in [5, 5.41) is 0. The predicted molar refractivity (Wildman–Crippen MR) is 91.1 cm³/mol. The van der Waals surface area contributed by atoms with Gasteiger partial charge in [-0.15, -0.1) is 0 Å². The molecule has 1 atom stereocenters. The zero-order chi connectivity index (χ0) is 14.9. The molecule has 0 N–H and O–H groups in total. The van der Waals surface area contributed by atoms with Crippen molar-refractivity contribution in [3.05, 3.63) is 59.7 Å². The van der Waals surface area contributed by atoms with E-state index >= 15 is 0 Å². The van der Waals surface area contributed by atoms with E-state index in [-0.39, 0.29) is 0 Å². The second-order valence-electron chi connectivity index (χ2n) is 6.97. The Hall–Kier alpha value is -1.60. The molecule has 0 aromatic heterocycles. The molecule has 0 bridgehead atoms. The molecule has 4 rings (SSSR count). The van der Waals surface area contributed by atoms with Gasteiger partial charge in [-0.25, -0.2) is 0 Å². The molecule has 2 aliphatic rings. The van der Waals surface area contributed by atoms with Crippen LogP contribution in [0.25, 0.3) is 11.1 Å². The van der Waals surface area contributed by atoms with Gasteiger partial charge in [-0.3, -0.25) is 0 Å². The number of ether oxygens (including phenoxy) is 1. The zero-order valence-electron chi connectivity index (χ0n) is 13.3. The number of aryl methyl sites for hydroxylation is 1. The van der Waals surface area contributed by atoms with Crippen LogP contribution in [-0.4, -0.2) is 12.7 Å². The van der Waals surface area contributed by atoms with Crippen LogP contribution in [0.1, 0.15) is 42.7 Å². The fourth-order valence-electron chi connectivity index (χ4n) is 3.85. The van der Waals surface area contributed by atoms with Crippen molar-refractivity contribution in [2.45, 2.75) is 44.6 Å². The Morgan fingerprint density at radius 1 is 0.773 bits per heavy atom. The van der Waals surface area contributed by atoms with Crippen LogP contribution < -0.4 is 0 Å². The molecule has 1 aliphatic heterocycles. The van der Waals surface area contributed by atoms with Gasteiger partial charge in [0.1, 0.15) is 0 Å². The number of hydrogen-bond acceptors (Lipinski definition) is 1. The Labute approximate surface area is 133 Å². The van der Waals surface area contributed by atoms with Crippen molar-refractivity contribution in [3.8, 4) is 11.1 Å². The van der Waals surface area contributed by atoms with Crippen LogP contribution in [0.3, 0.4) is 0 Å². The van der Waals surface area contributed by atoms with Gasteiger partial charge in [0.05, 0.1) is 12.7 Å². The standard InChI is InChI=1S/C21H24O/c1-15-2-4-16(5-3-15)17-6-8-18(9-7-17)19-10-12-20(13-11-19)21-14-22-21/h2-9,19-21H,10-14H2,1H3.